The molecule has 0 spiro atoms. The van der Waals surface area contributed by atoms with Crippen LogP contribution in [-0.2, 0) is 11.3 Å². The number of rotatable bonds is 6. The molecule has 0 aliphatic carbocycles. The van der Waals surface area contributed by atoms with Crippen LogP contribution in [0.1, 0.15) is 25.0 Å². The third-order valence-corrected chi connectivity index (χ3v) is 5.73. The Labute approximate surface area is 182 Å². The first-order chi connectivity index (χ1) is 13.3. The highest BCUT2D eigenvalue weighted by atomic mass is 79.9. The second-order valence-electron chi connectivity index (χ2n) is 6.79. The van der Waals surface area contributed by atoms with Gasteiger partial charge in [0.25, 0.3) is 11.1 Å². The second kappa shape index (κ2) is 9.16. The van der Waals surface area contributed by atoms with Gasteiger partial charge in [-0.3, -0.25) is 14.5 Å². The van der Waals surface area contributed by atoms with Crippen LogP contribution >= 0.6 is 39.3 Å². The number of imide groups is 1. The second-order valence-corrected chi connectivity index (χ2v) is 9.07. The van der Waals surface area contributed by atoms with Crippen LogP contribution in [0.2, 0.25) is 5.02 Å². The van der Waals surface area contributed by atoms with E-state index in [1.807, 2.05) is 30.3 Å². The summed E-state index contributed by atoms with van der Waals surface area (Å²) in [5.74, 6) is 0.891. The molecule has 4 nitrogen and oxygen atoms in total. The number of ether oxygens (including phenoxy) is 1. The molecule has 3 rings (SSSR count). The van der Waals surface area contributed by atoms with Crippen molar-refractivity contribution in [3.8, 4) is 5.75 Å². The van der Waals surface area contributed by atoms with Gasteiger partial charge in [0.1, 0.15) is 5.75 Å². The van der Waals surface area contributed by atoms with E-state index in [1.54, 1.807) is 18.2 Å². The average molecular weight is 481 g/mol. The van der Waals surface area contributed by atoms with Gasteiger partial charge in [-0.1, -0.05) is 43.6 Å². The van der Waals surface area contributed by atoms with Crippen LogP contribution < -0.4 is 4.74 Å². The Hall–Kier alpha value is -1.76. The lowest BCUT2D eigenvalue weighted by Crippen LogP contribution is -2.27. The van der Waals surface area contributed by atoms with E-state index in [4.69, 9.17) is 16.3 Å². The molecule has 0 N–H and O–H groups in total. The van der Waals surface area contributed by atoms with Crippen LogP contribution in [0.4, 0.5) is 4.79 Å². The summed E-state index contributed by atoms with van der Waals surface area (Å²) in [6, 6.07) is 12.7. The van der Waals surface area contributed by atoms with Crippen molar-refractivity contribution in [3.63, 3.8) is 0 Å². The predicted octanol–water partition coefficient (Wildman–Crippen LogP) is 6.37. The van der Waals surface area contributed by atoms with E-state index >= 15 is 0 Å². The number of carbonyl (C=O) groups is 2. The van der Waals surface area contributed by atoms with E-state index in [-0.39, 0.29) is 17.7 Å². The van der Waals surface area contributed by atoms with Crippen LogP contribution in [0, 0.1) is 5.92 Å². The summed E-state index contributed by atoms with van der Waals surface area (Å²) in [5.41, 5.74) is 1.67. The summed E-state index contributed by atoms with van der Waals surface area (Å²) in [7, 11) is 0. The molecule has 0 atom stereocenters. The molecule has 1 heterocycles. The third-order valence-electron chi connectivity index (χ3n) is 3.95. The minimum Gasteiger partial charge on any atom is -0.492 e. The van der Waals surface area contributed by atoms with Crippen LogP contribution in [0.5, 0.6) is 5.75 Å². The zero-order valence-corrected chi connectivity index (χ0v) is 18.6. The highest BCUT2D eigenvalue weighted by Gasteiger charge is 2.34. The lowest BCUT2D eigenvalue weighted by atomic mass is 10.2. The Morgan fingerprint density at radius 2 is 1.89 bits per heavy atom. The molecule has 2 aromatic rings. The molecule has 0 aromatic heterocycles. The standard InChI is InChI=1S/C21H19BrClNO3S/c1-13(2)12-27-18-8-5-15(9-17(18)22)10-19-20(25)24(21(26)28-19)11-14-3-6-16(23)7-4-14/h3-10,13H,11-12H2,1-2H3/b19-10+. The Kier molecular flexibility index (Phi) is 6.86. The third kappa shape index (κ3) is 5.19. The van der Waals surface area contributed by atoms with Crippen molar-refractivity contribution in [2.24, 2.45) is 5.92 Å². The largest absolute Gasteiger partial charge is 0.492 e. The van der Waals surface area contributed by atoms with Crippen molar-refractivity contribution in [2.45, 2.75) is 20.4 Å². The van der Waals surface area contributed by atoms with Crippen LogP contribution in [0.25, 0.3) is 6.08 Å². The van der Waals surface area contributed by atoms with Crippen LogP contribution in [0.15, 0.2) is 51.8 Å². The summed E-state index contributed by atoms with van der Waals surface area (Å²) in [5, 5.41) is 0.339. The number of thioether (sulfide) groups is 1. The van der Waals surface area contributed by atoms with Crippen molar-refractivity contribution in [1.82, 2.24) is 4.90 Å². The van der Waals surface area contributed by atoms with Crippen LogP contribution in [-0.4, -0.2) is 22.7 Å². The fourth-order valence-electron chi connectivity index (χ4n) is 2.54. The number of carbonyl (C=O) groups excluding carboxylic acids is 2. The highest BCUT2D eigenvalue weighted by molar-refractivity contribution is 9.10. The molecular formula is C21H19BrClNO3S. The molecule has 1 fully saturated rings. The SMILES string of the molecule is CC(C)COc1ccc(/C=C2/SC(=O)N(Cc3ccc(Cl)cc3)C2=O)cc1Br. The molecule has 2 amide bonds. The molecule has 28 heavy (non-hydrogen) atoms. The first-order valence-electron chi connectivity index (χ1n) is 8.75. The number of hydrogen-bond acceptors (Lipinski definition) is 4. The number of amides is 2. The van der Waals surface area contributed by atoms with Gasteiger partial charge in [0.15, 0.2) is 0 Å². The maximum atomic E-state index is 12.7. The molecule has 0 saturated carbocycles. The summed E-state index contributed by atoms with van der Waals surface area (Å²) >= 11 is 10.3. The molecule has 0 unspecified atom stereocenters. The van der Waals surface area contributed by atoms with E-state index < -0.39 is 0 Å². The van der Waals surface area contributed by atoms with Crippen molar-refractivity contribution in [3.05, 3.63) is 68.0 Å². The zero-order chi connectivity index (χ0) is 20.3. The summed E-state index contributed by atoms with van der Waals surface area (Å²) < 4.78 is 6.55. The molecule has 0 radical (unpaired) electrons. The van der Waals surface area contributed by atoms with E-state index in [0.29, 0.717) is 22.5 Å². The maximum Gasteiger partial charge on any atom is 0.293 e. The normalized spacial score (nSPS) is 15.8. The molecule has 2 aromatic carbocycles. The Morgan fingerprint density at radius 1 is 1.18 bits per heavy atom. The lowest BCUT2D eigenvalue weighted by molar-refractivity contribution is -0.123. The molecule has 1 aliphatic rings. The van der Waals surface area contributed by atoms with Crippen LogP contribution in [0.3, 0.4) is 0 Å². The fraction of sp³-hybridized carbons (Fsp3) is 0.238. The summed E-state index contributed by atoms with van der Waals surface area (Å²) in [4.78, 5) is 26.6. The van der Waals surface area contributed by atoms with Crippen molar-refractivity contribution in [2.75, 3.05) is 6.61 Å². The molecule has 0 bridgehead atoms. The predicted molar refractivity (Wildman–Crippen MR) is 117 cm³/mol. The molecule has 146 valence electrons. The zero-order valence-electron chi connectivity index (χ0n) is 15.4. The van der Waals surface area contributed by atoms with E-state index in [9.17, 15) is 9.59 Å². The average Bonchev–Trinajstić information content (AvgIpc) is 2.90. The van der Waals surface area contributed by atoms with Crippen molar-refractivity contribution in [1.29, 1.82) is 0 Å². The maximum absolute atomic E-state index is 12.7. The molecular weight excluding hydrogens is 462 g/mol. The van der Waals surface area contributed by atoms with Gasteiger partial charge in [-0.2, -0.15) is 0 Å². The topological polar surface area (TPSA) is 46.6 Å². The van der Waals surface area contributed by atoms with Gasteiger partial charge in [0, 0.05) is 5.02 Å². The number of nitrogens with zero attached hydrogens (tertiary/aromatic N) is 1. The number of halogens is 2. The van der Waals surface area contributed by atoms with Crippen molar-refractivity contribution < 1.29 is 14.3 Å². The summed E-state index contributed by atoms with van der Waals surface area (Å²) in [6.07, 6.45) is 1.73. The van der Waals surface area contributed by atoms with Gasteiger partial charge < -0.3 is 4.74 Å². The first-order valence-corrected chi connectivity index (χ1v) is 10.7. The van der Waals surface area contributed by atoms with Gasteiger partial charge in [-0.25, -0.2) is 0 Å². The fourth-order valence-corrected chi connectivity index (χ4v) is 4.02. The Morgan fingerprint density at radius 3 is 2.54 bits per heavy atom. The summed E-state index contributed by atoms with van der Waals surface area (Å²) in [6.45, 7) is 5.03. The van der Waals surface area contributed by atoms with Gasteiger partial charge in [0.05, 0.1) is 22.5 Å². The molecule has 1 saturated heterocycles. The molecule has 1 aliphatic heterocycles. The monoisotopic (exact) mass is 479 g/mol. The highest BCUT2D eigenvalue weighted by Crippen LogP contribution is 2.34. The molecule has 7 heteroatoms. The smallest absolute Gasteiger partial charge is 0.293 e. The van der Waals surface area contributed by atoms with Gasteiger partial charge in [0.2, 0.25) is 0 Å². The van der Waals surface area contributed by atoms with Gasteiger partial charge in [-0.15, -0.1) is 0 Å². The van der Waals surface area contributed by atoms with Crippen molar-refractivity contribution >= 4 is 56.5 Å². The van der Waals surface area contributed by atoms with E-state index in [2.05, 4.69) is 29.8 Å². The lowest BCUT2D eigenvalue weighted by Gasteiger charge is -2.12. The first kappa shape index (κ1) is 21.0. The minimum absolute atomic E-state index is 0.227. The number of benzene rings is 2. The van der Waals surface area contributed by atoms with Gasteiger partial charge >= 0.3 is 0 Å². The number of hydrogen-bond donors (Lipinski definition) is 0. The van der Waals surface area contributed by atoms with E-state index in [1.165, 1.54) is 4.90 Å². The Balaban J connectivity index is 1.74. The minimum atomic E-state index is -0.291. The quantitative estimate of drug-likeness (QED) is 0.450. The van der Waals surface area contributed by atoms with Gasteiger partial charge in [-0.05, 0) is 75.1 Å². The Bertz CT molecular complexity index is 928. The van der Waals surface area contributed by atoms with E-state index in [0.717, 1.165) is 33.1 Å².